The number of halogens is 1. The van der Waals surface area contributed by atoms with Gasteiger partial charge in [0.05, 0.1) is 29.7 Å². The molecule has 2 N–H and O–H groups in total. The second kappa shape index (κ2) is 12.5. The van der Waals surface area contributed by atoms with Crippen LogP contribution < -0.4 is 10.6 Å². The van der Waals surface area contributed by atoms with Crippen LogP contribution in [0.2, 0.25) is 5.02 Å². The number of carbonyl (C=O) groups is 1. The van der Waals surface area contributed by atoms with Crippen LogP contribution in [0.15, 0.2) is 29.6 Å². The van der Waals surface area contributed by atoms with E-state index in [9.17, 15) is 14.9 Å². The number of nitro groups is 1. The van der Waals surface area contributed by atoms with Crippen molar-refractivity contribution < 1.29 is 14.5 Å². The van der Waals surface area contributed by atoms with Crippen molar-refractivity contribution in [1.29, 1.82) is 0 Å². The number of benzene rings is 1. The Kier molecular flexibility index (Phi) is 9.42. The molecule has 2 heterocycles. The zero-order valence-corrected chi connectivity index (χ0v) is 20.5. The Balaban J connectivity index is 1.75. The Labute approximate surface area is 205 Å². The Morgan fingerprint density at radius 2 is 2.12 bits per heavy atom. The van der Waals surface area contributed by atoms with E-state index < -0.39 is 10.8 Å². The molecule has 0 atom stereocenters. The van der Waals surface area contributed by atoms with Crippen molar-refractivity contribution in [1.82, 2.24) is 25.1 Å². The van der Waals surface area contributed by atoms with Gasteiger partial charge in [0.1, 0.15) is 11.4 Å². The number of thioether (sulfide) groups is 1. The third-order valence-electron chi connectivity index (χ3n) is 4.66. The number of fused-ring (bicyclic) bond motifs is 1. The predicted molar refractivity (Wildman–Crippen MR) is 132 cm³/mol. The minimum absolute atomic E-state index is 0.0933. The average molecular weight is 508 g/mol. The van der Waals surface area contributed by atoms with E-state index in [-0.39, 0.29) is 22.8 Å². The van der Waals surface area contributed by atoms with E-state index in [2.05, 4.69) is 32.6 Å². The summed E-state index contributed by atoms with van der Waals surface area (Å²) in [5.41, 5.74) is 0.235. The second-order valence-electron chi connectivity index (χ2n) is 7.11. The largest absolute Gasteiger partial charge is 0.380 e. The summed E-state index contributed by atoms with van der Waals surface area (Å²) in [5.74, 6) is 0.970. The van der Waals surface area contributed by atoms with Crippen LogP contribution in [0.25, 0.3) is 11.0 Å². The maximum absolute atomic E-state index is 12.6. The van der Waals surface area contributed by atoms with Gasteiger partial charge in [0.25, 0.3) is 11.6 Å². The van der Waals surface area contributed by atoms with Gasteiger partial charge in [-0.25, -0.2) is 14.6 Å². The van der Waals surface area contributed by atoms with E-state index in [1.54, 1.807) is 22.6 Å². The number of amides is 1. The number of nitrogens with one attached hydrogen (secondary N) is 2. The summed E-state index contributed by atoms with van der Waals surface area (Å²) in [7, 11) is 0. The van der Waals surface area contributed by atoms with Crippen molar-refractivity contribution in [3.63, 3.8) is 0 Å². The van der Waals surface area contributed by atoms with E-state index in [0.717, 1.165) is 17.6 Å². The molecule has 0 fully saturated rings. The molecule has 0 aliphatic carbocycles. The summed E-state index contributed by atoms with van der Waals surface area (Å²) in [4.78, 5) is 32.4. The first-order valence-corrected chi connectivity index (χ1v) is 12.2. The molecular weight excluding hydrogens is 482 g/mol. The Morgan fingerprint density at radius 3 is 2.85 bits per heavy atom. The van der Waals surface area contributed by atoms with Gasteiger partial charge in [0.15, 0.2) is 10.8 Å². The van der Waals surface area contributed by atoms with Crippen molar-refractivity contribution in [3.8, 4) is 0 Å². The predicted octanol–water partition coefficient (Wildman–Crippen LogP) is 3.77. The van der Waals surface area contributed by atoms with Gasteiger partial charge in [-0.05, 0) is 25.5 Å². The number of nitrogens with zero attached hydrogens (tertiary/aromatic N) is 5. The van der Waals surface area contributed by atoms with Gasteiger partial charge in [-0.1, -0.05) is 30.3 Å². The molecule has 3 rings (SSSR count). The van der Waals surface area contributed by atoms with Gasteiger partial charge >= 0.3 is 0 Å². The highest BCUT2D eigenvalue weighted by Gasteiger charge is 2.20. The highest BCUT2D eigenvalue weighted by molar-refractivity contribution is 7.99. The fourth-order valence-electron chi connectivity index (χ4n) is 3.10. The third-order valence-corrected chi connectivity index (χ3v) is 5.95. The summed E-state index contributed by atoms with van der Waals surface area (Å²) >= 11 is 7.48. The number of hydrogen-bond donors (Lipinski definition) is 2. The molecule has 34 heavy (non-hydrogen) atoms. The number of rotatable bonds is 13. The quantitative estimate of drug-likeness (QED) is 0.116. The van der Waals surface area contributed by atoms with Crippen LogP contribution in [0.1, 0.15) is 30.6 Å². The fourth-order valence-corrected chi connectivity index (χ4v) is 3.96. The van der Waals surface area contributed by atoms with Crippen LogP contribution in [0, 0.1) is 10.1 Å². The second-order valence-corrected chi connectivity index (χ2v) is 8.60. The van der Waals surface area contributed by atoms with Crippen molar-refractivity contribution in [2.45, 2.75) is 32.0 Å². The molecule has 3 aromatic rings. The third kappa shape index (κ3) is 6.55. The van der Waals surface area contributed by atoms with Gasteiger partial charge in [-0.2, -0.15) is 5.10 Å². The van der Waals surface area contributed by atoms with Crippen LogP contribution in [-0.2, 0) is 11.3 Å². The van der Waals surface area contributed by atoms with E-state index >= 15 is 0 Å². The highest BCUT2D eigenvalue weighted by Crippen LogP contribution is 2.25. The Bertz CT molecular complexity index is 1160. The monoisotopic (exact) mass is 507 g/mol. The number of ether oxygens (including phenoxy) is 1. The molecule has 0 bridgehead atoms. The minimum atomic E-state index is -0.612. The lowest BCUT2D eigenvalue weighted by atomic mass is 10.1. The lowest BCUT2D eigenvalue weighted by molar-refractivity contribution is -0.385. The molecule has 2 aromatic heterocycles. The molecule has 0 unspecified atom stereocenters. The smallest absolute Gasteiger partial charge is 0.282 e. The molecule has 11 nitrogen and oxygen atoms in total. The topological polar surface area (TPSA) is 137 Å². The number of aromatic nitrogens is 4. The highest BCUT2D eigenvalue weighted by atomic mass is 35.5. The Morgan fingerprint density at radius 1 is 1.29 bits per heavy atom. The van der Waals surface area contributed by atoms with Crippen LogP contribution in [0.4, 0.5) is 11.5 Å². The molecule has 0 aliphatic heterocycles. The first kappa shape index (κ1) is 25.7. The molecule has 182 valence electrons. The number of anilines is 1. The first-order chi connectivity index (χ1) is 16.4. The van der Waals surface area contributed by atoms with Crippen molar-refractivity contribution >= 4 is 51.8 Å². The van der Waals surface area contributed by atoms with E-state index in [0.29, 0.717) is 42.9 Å². The summed E-state index contributed by atoms with van der Waals surface area (Å²) in [6.45, 7) is 6.32. The normalized spacial score (nSPS) is 11.0. The molecule has 0 spiro atoms. The minimum Gasteiger partial charge on any atom is -0.380 e. The van der Waals surface area contributed by atoms with Crippen LogP contribution in [0.3, 0.4) is 0 Å². The van der Waals surface area contributed by atoms with Crippen molar-refractivity contribution in [3.05, 3.63) is 45.1 Å². The summed E-state index contributed by atoms with van der Waals surface area (Å²) in [5, 5.41) is 23.2. The van der Waals surface area contributed by atoms with Gasteiger partial charge in [-0.3, -0.25) is 14.9 Å². The maximum Gasteiger partial charge on any atom is 0.282 e. The summed E-state index contributed by atoms with van der Waals surface area (Å²) in [6, 6.07) is 3.87. The number of hydrogen-bond acceptors (Lipinski definition) is 9. The van der Waals surface area contributed by atoms with E-state index in [4.69, 9.17) is 16.3 Å². The van der Waals surface area contributed by atoms with E-state index in [1.165, 1.54) is 18.2 Å². The molecule has 13 heteroatoms. The molecule has 0 aliphatic rings. The molecule has 1 amide bonds. The van der Waals surface area contributed by atoms with Crippen LogP contribution >= 0.6 is 23.4 Å². The summed E-state index contributed by atoms with van der Waals surface area (Å²) < 4.78 is 7.06. The van der Waals surface area contributed by atoms with Gasteiger partial charge < -0.3 is 15.4 Å². The number of nitro benzene ring substituents is 1. The maximum atomic E-state index is 12.6. The fraction of sp³-hybridized carbons (Fsp3) is 0.429. The van der Waals surface area contributed by atoms with Crippen molar-refractivity contribution in [2.75, 3.05) is 37.4 Å². The zero-order valence-electron chi connectivity index (χ0n) is 18.9. The Hall–Kier alpha value is -2.96. The number of carbonyl (C=O) groups excluding carboxylic acids is 1. The van der Waals surface area contributed by atoms with E-state index in [1.807, 2.05) is 6.92 Å². The molecule has 0 radical (unpaired) electrons. The van der Waals surface area contributed by atoms with Crippen molar-refractivity contribution in [2.24, 2.45) is 0 Å². The van der Waals surface area contributed by atoms with Gasteiger partial charge in [0.2, 0.25) is 0 Å². The molecular formula is C21H26ClN7O4S. The SMILES string of the molecule is CCCSc1nc(NCCOCC)c2cnn(CCNC(=O)c3cc(Cl)ccc3[N+](=O)[O-])c2n1. The zero-order chi connectivity index (χ0) is 24.5. The first-order valence-electron chi connectivity index (χ1n) is 10.8. The van der Waals surface area contributed by atoms with Crippen LogP contribution in [0.5, 0.6) is 0 Å². The lowest BCUT2D eigenvalue weighted by Crippen LogP contribution is -2.28. The molecule has 1 aromatic carbocycles. The molecule has 0 saturated carbocycles. The molecule has 0 saturated heterocycles. The van der Waals surface area contributed by atoms with Gasteiger partial charge in [0, 0.05) is 36.5 Å². The summed E-state index contributed by atoms with van der Waals surface area (Å²) in [6.07, 6.45) is 2.66. The van der Waals surface area contributed by atoms with Crippen LogP contribution in [-0.4, -0.2) is 62.6 Å². The lowest BCUT2D eigenvalue weighted by Gasteiger charge is -2.10. The van der Waals surface area contributed by atoms with Gasteiger partial charge in [-0.15, -0.1) is 0 Å². The average Bonchev–Trinajstić information content (AvgIpc) is 3.23. The standard InChI is InChI=1S/C21H26ClN7O4S/c1-3-11-34-21-26-18(23-8-10-33-4-2)16-13-25-28(19(16)27-21)9-7-24-20(30)15-12-14(22)5-6-17(15)29(31)32/h5-6,12-13H,3-4,7-11H2,1-2H3,(H,24,30)(H,23,26,27).